The van der Waals surface area contributed by atoms with Crippen LogP contribution in [0.15, 0.2) is 42.7 Å². The second-order valence-electron chi connectivity index (χ2n) is 5.64. The number of hydrogen-bond acceptors (Lipinski definition) is 3. The average molecular weight is 299 g/mol. The fraction of sp³-hybridized carbons (Fsp3) is 0.294. The van der Waals surface area contributed by atoms with Gasteiger partial charge in [0.15, 0.2) is 0 Å². The zero-order chi connectivity index (χ0) is 16.2. The topological polar surface area (TPSA) is 67.2 Å². The number of nitrogens with zero attached hydrogens (tertiary/aromatic N) is 2. The van der Waals surface area contributed by atoms with Crippen molar-refractivity contribution in [3.8, 4) is 0 Å². The van der Waals surface area contributed by atoms with Gasteiger partial charge in [0.1, 0.15) is 5.60 Å². The van der Waals surface area contributed by atoms with Gasteiger partial charge in [0.05, 0.1) is 12.7 Å². The molecule has 0 spiro atoms. The molecule has 1 atom stereocenters. The quantitative estimate of drug-likeness (QED) is 0.827. The van der Waals surface area contributed by atoms with Crippen LogP contribution in [0, 0.1) is 6.92 Å². The molecule has 0 aliphatic carbocycles. The normalized spacial score (nSPS) is 14.0. The van der Waals surface area contributed by atoms with Crippen LogP contribution in [0.1, 0.15) is 23.6 Å². The van der Waals surface area contributed by atoms with Crippen molar-refractivity contribution < 1.29 is 9.90 Å². The van der Waals surface area contributed by atoms with Gasteiger partial charge in [0, 0.05) is 24.9 Å². The lowest BCUT2D eigenvalue weighted by molar-refractivity contribution is -0.117. The summed E-state index contributed by atoms with van der Waals surface area (Å²) >= 11 is 0. The molecule has 1 amide bonds. The predicted molar refractivity (Wildman–Crippen MR) is 86.0 cm³/mol. The maximum Gasteiger partial charge on any atom is 0.244 e. The van der Waals surface area contributed by atoms with Crippen molar-refractivity contribution in [3.63, 3.8) is 0 Å². The van der Waals surface area contributed by atoms with E-state index >= 15 is 0 Å². The smallest absolute Gasteiger partial charge is 0.244 e. The number of carbonyl (C=O) groups excluding carboxylic acids is 1. The Hall–Kier alpha value is -2.40. The van der Waals surface area contributed by atoms with Gasteiger partial charge in [-0.1, -0.05) is 29.8 Å². The van der Waals surface area contributed by atoms with Crippen molar-refractivity contribution in [2.45, 2.75) is 19.4 Å². The number of aliphatic hydroxyl groups is 1. The maximum absolute atomic E-state index is 11.9. The predicted octanol–water partition coefficient (Wildman–Crippen LogP) is 1.77. The number of rotatable bonds is 5. The molecule has 2 N–H and O–H groups in total. The molecule has 0 aliphatic rings. The number of nitrogens with one attached hydrogen (secondary N) is 1. The molecule has 22 heavy (non-hydrogen) atoms. The van der Waals surface area contributed by atoms with E-state index in [0.29, 0.717) is 5.56 Å². The molecule has 0 saturated heterocycles. The van der Waals surface area contributed by atoms with E-state index in [1.54, 1.807) is 37.1 Å². The molecule has 1 aromatic carbocycles. The van der Waals surface area contributed by atoms with E-state index in [-0.39, 0.29) is 12.5 Å². The Labute approximate surface area is 130 Å². The monoisotopic (exact) mass is 299 g/mol. The van der Waals surface area contributed by atoms with Crippen LogP contribution in [-0.2, 0) is 17.4 Å². The molecular formula is C17H21N3O2. The number of hydrogen-bond donors (Lipinski definition) is 2. The van der Waals surface area contributed by atoms with Gasteiger partial charge in [-0.05, 0) is 25.5 Å². The summed E-state index contributed by atoms with van der Waals surface area (Å²) in [5.41, 5.74) is 1.62. The molecule has 116 valence electrons. The van der Waals surface area contributed by atoms with E-state index in [4.69, 9.17) is 0 Å². The molecule has 0 aliphatic heterocycles. The third-order valence-electron chi connectivity index (χ3n) is 3.40. The third-order valence-corrected chi connectivity index (χ3v) is 3.40. The summed E-state index contributed by atoms with van der Waals surface area (Å²) in [6.07, 6.45) is 6.54. The van der Waals surface area contributed by atoms with Crippen molar-refractivity contribution in [2.75, 3.05) is 6.54 Å². The van der Waals surface area contributed by atoms with Crippen molar-refractivity contribution in [1.29, 1.82) is 0 Å². The molecule has 0 saturated carbocycles. The zero-order valence-corrected chi connectivity index (χ0v) is 13.1. The van der Waals surface area contributed by atoms with Crippen molar-refractivity contribution in [3.05, 3.63) is 59.4 Å². The molecule has 5 nitrogen and oxygen atoms in total. The minimum atomic E-state index is -1.15. The Bertz CT molecular complexity index is 687. The van der Waals surface area contributed by atoms with Gasteiger partial charge in [-0.25, -0.2) is 0 Å². The van der Waals surface area contributed by atoms with Crippen LogP contribution >= 0.6 is 0 Å². The van der Waals surface area contributed by atoms with Gasteiger partial charge >= 0.3 is 0 Å². The molecule has 2 aromatic rings. The molecule has 1 heterocycles. The number of aryl methyl sites for hydroxylation is 2. The molecule has 5 heteroatoms. The maximum atomic E-state index is 11.9. The summed E-state index contributed by atoms with van der Waals surface area (Å²) < 4.78 is 1.61. The van der Waals surface area contributed by atoms with E-state index in [0.717, 1.165) is 11.1 Å². The highest BCUT2D eigenvalue weighted by atomic mass is 16.3. The molecule has 0 radical (unpaired) electrons. The summed E-state index contributed by atoms with van der Waals surface area (Å²) in [5.74, 6) is -0.245. The number of benzene rings is 1. The highest BCUT2D eigenvalue weighted by Crippen LogP contribution is 2.18. The molecule has 0 bridgehead atoms. The number of amides is 1. The molecule has 1 aromatic heterocycles. The number of aromatic nitrogens is 2. The fourth-order valence-corrected chi connectivity index (χ4v) is 2.07. The first-order valence-corrected chi connectivity index (χ1v) is 7.11. The average Bonchev–Trinajstić information content (AvgIpc) is 2.91. The van der Waals surface area contributed by atoms with Crippen LogP contribution in [-0.4, -0.2) is 27.3 Å². The van der Waals surface area contributed by atoms with E-state index in [9.17, 15) is 9.90 Å². The van der Waals surface area contributed by atoms with Gasteiger partial charge in [-0.2, -0.15) is 5.10 Å². The molecule has 1 unspecified atom stereocenters. The molecule has 0 fully saturated rings. The number of carbonyl (C=O) groups is 1. The summed E-state index contributed by atoms with van der Waals surface area (Å²) in [6.45, 7) is 3.77. The Balaban J connectivity index is 1.92. The highest BCUT2D eigenvalue weighted by molar-refractivity contribution is 5.91. The van der Waals surface area contributed by atoms with E-state index in [1.165, 1.54) is 6.08 Å². The second-order valence-corrected chi connectivity index (χ2v) is 5.64. The summed E-state index contributed by atoms with van der Waals surface area (Å²) in [6, 6.07) is 7.88. The van der Waals surface area contributed by atoms with Crippen LogP contribution in [0.2, 0.25) is 0 Å². The summed E-state index contributed by atoms with van der Waals surface area (Å²) in [5, 5.41) is 17.1. The van der Waals surface area contributed by atoms with Crippen molar-refractivity contribution in [2.24, 2.45) is 7.05 Å². The first-order chi connectivity index (χ1) is 10.4. The SMILES string of the molecule is Cc1cccc(C=CC(=O)NCC(C)(O)c2cnn(C)c2)c1. The van der Waals surface area contributed by atoms with Crippen LogP contribution < -0.4 is 5.32 Å². The van der Waals surface area contributed by atoms with Crippen LogP contribution in [0.5, 0.6) is 0 Å². The Morgan fingerprint density at radius 1 is 1.50 bits per heavy atom. The minimum Gasteiger partial charge on any atom is -0.383 e. The Morgan fingerprint density at radius 3 is 2.91 bits per heavy atom. The Kier molecular flexibility index (Phi) is 4.78. The lowest BCUT2D eigenvalue weighted by Gasteiger charge is -2.21. The van der Waals surface area contributed by atoms with E-state index in [1.807, 2.05) is 31.2 Å². The van der Waals surface area contributed by atoms with Gasteiger partial charge < -0.3 is 10.4 Å². The first-order valence-electron chi connectivity index (χ1n) is 7.11. The zero-order valence-electron chi connectivity index (χ0n) is 13.1. The van der Waals surface area contributed by atoms with Gasteiger partial charge in [-0.15, -0.1) is 0 Å². The lowest BCUT2D eigenvalue weighted by atomic mass is 10.00. The van der Waals surface area contributed by atoms with Crippen LogP contribution in [0.25, 0.3) is 6.08 Å². The first kappa shape index (κ1) is 16.0. The summed E-state index contributed by atoms with van der Waals surface area (Å²) in [7, 11) is 1.78. The Morgan fingerprint density at radius 2 is 2.27 bits per heavy atom. The molecule has 2 rings (SSSR count). The standard InChI is InChI=1S/C17H21N3O2/c1-13-5-4-6-14(9-13)7-8-16(21)18-12-17(2,22)15-10-19-20(3)11-15/h4-11,22H,12H2,1-3H3,(H,18,21). The molecular weight excluding hydrogens is 278 g/mol. The fourth-order valence-electron chi connectivity index (χ4n) is 2.07. The van der Waals surface area contributed by atoms with Gasteiger partial charge in [0.2, 0.25) is 5.91 Å². The van der Waals surface area contributed by atoms with E-state index in [2.05, 4.69) is 10.4 Å². The van der Waals surface area contributed by atoms with Crippen molar-refractivity contribution >= 4 is 12.0 Å². The van der Waals surface area contributed by atoms with E-state index < -0.39 is 5.60 Å². The van der Waals surface area contributed by atoms with Crippen LogP contribution in [0.3, 0.4) is 0 Å². The third kappa shape index (κ3) is 4.30. The largest absolute Gasteiger partial charge is 0.383 e. The van der Waals surface area contributed by atoms with Crippen LogP contribution in [0.4, 0.5) is 0 Å². The van der Waals surface area contributed by atoms with Gasteiger partial charge in [0.25, 0.3) is 0 Å². The minimum absolute atomic E-state index is 0.121. The summed E-state index contributed by atoms with van der Waals surface area (Å²) in [4.78, 5) is 11.9. The second kappa shape index (κ2) is 6.58. The van der Waals surface area contributed by atoms with Crippen molar-refractivity contribution in [1.82, 2.24) is 15.1 Å². The lowest BCUT2D eigenvalue weighted by Crippen LogP contribution is -2.37. The highest BCUT2D eigenvalue weighted by Gasteiger charge is 2.24. The van der Waals surface area contributed by atoms with Gasteiger partial charge in [-0.3, -0.25) is 9.48 Å².